The minimum atomic E-state index is 0.173. The van der Waals surface area contributed by atoms with Crippen LogP contribution in [0.15, 0.2) is 6.20 Å². The number of fused-ring (bicyclic) bond motifs is 1. The number of aromatic nitrogens is 4. The molecule has 0 spiro atoms. The van der Waals surface area contributed by atoms with Crippen molar-refractivity contribution in [1.29, 1.82) is 0 Å². The average Bonchev–Trinajstić information content (AvgIpc) is 2.97. The molecular weight excluding hydrogens is 330 g/mol. The Morgan fingerprint density at radius 3 is 2.67 bits per heavy atom. The normalized spacial score (nSPS) is 25.9. The minimum absolute atomic E-state index is 0.173. The van der Waals surface area contributed by atoms with Crippen molar-refractivity contribution in [3.05, 3.63) is 11.5 Å². The molecule has 0 aromatic carbocycles. The summed E-state index contributed by atoms with van der Waals surface area (Å²) in [5, 5.41) is 4.42. The van der Waals surface area contributed by atoms with E-state index in [-0.39, 0.29) is 11.4 Å². The van der Waals surface area contributed by atoms with Crippen LogP contribution in [0.1, 0.15) is 25.7 Å². The summed E-state index contributed by atoms with van der Waals surface area (Å²) in [5.41, 5.74) is 1.52. The van der Waals surface area contributed by atoms with E-state index in [4.69, 9.17) is 21.1 Å². The second kappa shape index (κ2) is 6.82. The number of ether oxygens (including phenoxy) is 2. The lowest BCUT2D eigenvalue weighted by Crippen LogP contribution is -2.46. The average molecular weight is 352 g/mol. The zero-order chi connectivity index (χ0) is 16.5. The molecule has 1 aliphatic heterocycles. The van der Waals surface area contributed by atoms with E-state index in [0.29, 0.717) is 11.9 Å². The van der Waals surface area contributed by atoms with Crippen molar-refractivity contribution in [2.24, 2.45) is 7.05 Å². The molecule has 4 rings (SSSR count). The SMILES string of the molecule is Cn1ncc2nc(Cl)nc(OC3CCC(N4CCOCC4)CC3)c21. The molecule has 0 atom stereocenters. The summed E-state index contributed by atoms with van der Waals surface area (Å²) in [4.78, 5) is 11.0. The molecule has 130 valence electrons. The van der Waals surface area contributed by atoms with Crippen LogP contribution in [-0.2, 0) is 11.8 Å². The Bertz CT molecular complexity index is 708. The molecule has 1 saturated heterocycles. The van der Waals surface area contributed by atoms with Crippen LogP contribution in [0.2, 0.25) is 5.28 Å². The van der Waals surface area contributed by atoms with E-state index in [9.17, 15) is 0 Å². The maximum atomic E-state index is 6.18. The number of hydrogen-bond donors (Lipinski definition) is 0. The second-order valence-electron chi connectivity index (χ2n) is 6.50. The first-order chi connectivity index (χ1) is 11.7. The van der Waals surface area contributed by atoms with Gasteiger partial charge in [-0.15, -0.1) is 0 Å². The van der Waals surface area contributed by atoms with Crippen molar-refractivity contribution in [1.82, 2.24) is 24.6 Å². The molecule has 0 N–H and O–H groups in total. The summed E-state index contributed by atoms with van der Waals surface area (Å²) < 4.78 is 13.4. The fourth-order valence-corrected chi connectivity index (χ4v) is 3.90. The van der Waals surface area contributed by atoms with E-state index in [1.54, 1.807) is 10.9 Å². The smallest absolute Gasteiger partial charge is 0.244 e. The van der Waals surface area contributed by atoms with Gasteiger partial charge in [0, 0.05) is 26.2 Å². The Morgan fingerprint density at radius 2 is 1.92 bits per heavy atom. The fourth-order valence-electron chi connectivity index (χ4n) is 3.73. The molecule has 0 radical (unpaired) electrons. The summed E-state index contributed by atoms with van der Waals surface area (Å²) in [5.74, 6) is 0.542. The topological polar surface area (TPSA) is 65.3 Å². The third kappa shape index (κ3) is 3.20. The van der Waals surface area contributed by atoms with E-state index >= 15 is 0 Å². The zero-order valence-electron chi connectivity index (χ0n) is 13.8. The Morgan fingerprint density at radius 1 is 1.17 bits per heavy atom. The van der Waals surface area contributed by atoms with Crippen LogP contribution in [0.4, 0.5) is 0 Å². The predicted octanol–water partition coefficient (Wildman–Crippen LogP) is 2.04. The monoisotopic (exact) mass is 351 g/mol. The summed E-state index contributed by atoms with van der Waals surface area (Å²) in [6, 6.07) is 0.652. The summed E-state index contributed by atoms with van der Waals surface area (Å²) in [7, 11) is 1.86. The minimum Gasteiger partial charge on any atom is -0.473 e. The maximum absolute atomic E-state index is 6.18. The van der Waals surface area contributed by atoms with Gasteiger partial charge in [0.1, 0.15) is 17.1 Å². The number of rotatable bonds is 3. The van der Waals surface area contributed by atoms with Gasteiger partial charge in [-0.25, -0.2) is 4.98 Å². The van der Waals surface area contributed by atoms with Crippen LogP contribution in [0.25, 0.3) is 11.0 Å². The molecule has 2 fully saturated rings. The zero-order valence-corrected chi connectivity index (χ0v) is 14.6. The van der Waals surface area contributed by atoms with Gasteiger partial charge in [0.2, 0.25) is 11.2 Å². The van der Waals surface area contributed by atoms with Gasteiger partial charge in [-0.1, -0.05) is 0 Å². The molecule has 2 aromatic heterocycles. The lowest BCUT2D eigenvalue weighted by molar-refractivity contribution is -0.00128. The quantitative estimate of drug-likeness (QED) is 0.788. The highest BCUT2D eigenvalue weighted by Crippen LogP contribution is 2.30. The highest BCUT2D eigenvalue weighted by Gasteiger charge is 2.28. The van der Waals surface area contributed by atoms with Gasteiger partial charge < -0.3 is 9.47 Å². The standard InChI is InChI=1S/C16H22ClN5O2/c1-21-14-13(10-18-21)19-16(17)20-15(14)24-12-4-2-11(3-5-12)22-6-8-23-9-7-22/h10-12H,2-9H2,1H3. The first-order valence-electron chi connectivity index (χ1n) is 8.54. The lowest BCUT2D eigenvalue weighted by atomic mass is 9.91. The first kappa shape index (κ1) is 16.1. The number of morpholine rings is 1. The molecule has 1 saturated carbocycles. The molecule has 2 aliphatic rings. The molecule has 7 nitrogen and oxygen atoms in total. The molecule has 8 heteroatoms. The van der Waals surface area contributed by atoms with Crippen molar-refractivity contribution in [3.63, 3.8) is 0 Å². The molecule has 3 heterocycles. The highest BCUT2D eigenvalue weighted by atomic mass is 35.5. The van der Waals surface area contributed by atoms with Crippen LogP contribution in [-0.4, -0.2) is 63.1 Å². The van der Waals surface area contributed by atoms with Gasteiger partial charge >= 0.3 is 0 Å². The molecule has 0 amide bonds. The van der Waals surface area contributed by atoms with Crippen LogP contribution < -0.4 is 4.74 Å². The number of aryl methyl sites for hydroxylation is 1. The lowest BCUT2D eigenvalue weighted by Gasteiger charge is -2.38. The molecule has 2 aromatic rings. The Hall–Kier alpha value is -1.44. The second-order valence-corrected chi connectivity index (χ2v) is 6.83. The van der Waals surface area contributed by atoms with E-state index in [0.717, 1.165) is 63.0 Å². The van der Waals surface area contributed by atoms with Crippen molar-refractivity contribution < 1.29 is 9.47 Å². The van der Waals surface area contributed by atoms with Crippen LogP contribution in [0.3, 0.4) is 0 Å². The van der Waals surface area contributed by atoms with Crippen molar-refractivity contribution in [3.8, 4) is 5.88 Å². The number of nitrogens with zero attached hydrogens (tertiary/aromatic N) is 5. The van der Waals surface area contributed by atoms with Gasteiger partial charge in [0.05, 0.1) is 19.4 Å². The molecule has 24 heavy (non-hydrogen) atoms. The Balaban J connectivity index is 1.43. The summed E-state index contributed by atoms with van der Waals surface area (Å²) in [6.45, 7) is 3.81. The van der Waals surface area contributed by atoms with Gasteiger partial charge in [-0.05, 0) is 37.3 Å². The van der Waals surface area contributed by atoms with Gasteiger partial charge in [-0.2, -0.15) is 10.1 Å². The van der Waals surface area contributed by atoms with Gasteiger partial charge in [0.25, 0.3) is 0 Å². The third-order valence-corrected chi connectivity index (χ3v) is 5.18. The van der Waals surface area contributed by atoms with E-state index < -0.39 is 0 Å². The number of halogens is 1. The largest absolute Gasteiger partial charge is 0.473 e. The van der Waals surface area contributed by atoms with Crippen molar-refractivity contribution in [2.45, 2.75) is 37.8 Å². The predicted molar refractivity (Wildman–Crippen MR) is 90.4 cm³/mol. The van der Waals surface area contributed by atoms with E-state index in [1.807, 2.05) is 7.05 Å². The first-order valence-corrected chi connectivity index (χ1v) is 8.92. The van der Waals surface area contributed by atoms with Crippen LogP contribution in [0.5, 0.6) is 5.88 Å². The third-order valence-electron chi connectivity index (χ3n) is 5.01. The van der Waals surface area contributed by atoms with Gasteiger partial charge in [0.15, 0.2) is 0 Å². The van der Waals surface area contributed by atoms with Gasteiger partial charge in [-0.3, -0.25) is 9.58 Å². The van der Waals surface area contributed by atoms with Crippen molar-refractivity contribution >= 4 is 22.6 Å². The van der Waals surface area contributed by atoms with Crippen LogP contribution in [0, 0.1) is 0 Å². The van der Waals surface area contributed by atoms with Crippen molar-refractivity contribution in [2.75, 3.05) is 26.3 Å². The van der Waals surface area contributed by atoms with Crippen LogP contribution >= 0.6 is 11.6 Å². The molecule has 0 unspecified atom stereocenters. The van der Waals surface area contributed by atoms with E-state index in [1.165, 1.54) is 0 Å². The van der Waals surface area contributed by atoms with E-state index in [2.05, 4.69) is 20.0 Å². The summed E-state index contributed by atoms with van der Waals surface area (Å²) in [6.07, 6.45) is 6.22. The highest BCUT2D eigenvalue weighted by molar-refractivity contribution is 6.28. The molecular formula is C16H22ClN5O2. The fraction of sp³-hybridized carbons (Fsp3) is 0.688. The molecule has 1 aliphatic carbocycles. The Labute approximate surface area is 145 Å². The Kier molecular flexibility index (Phi) is 4.56. The maximum Gasteiger partial charge on any atom is 0.244 e. The summed E-state index contributed by atoms with van der Waals surface area (Å²) >= 11 is 6.02. The number of hydrogen-bond acceptors (Lipinski definition) is 6. The molecule has 0 bridgehead atoms.